The molecule has 0 saturated heterocycles. The number of carbonyl (C=O) groups is 1. The van der Waals surface area contributed by atoms with Gasteiger partial charge in [0.1, 0.15) is 5.69 Å². The molecular weight excluding hydrogens is 226 g/mol. The monoisotopic (exact) mass is 237 g/mol. The molecule has 5 nitrogen and oxygen atoms in total. The minimum atomic E-state index is -1.05. The molecule has 0 atom stereocenters. The van der Waals surface area contributed by atoms with Crippen LogP contribution in [0.25, 0.3) is 10.6 Å². The van der Waals surface area contributed by atoms with Crippen LogP contribution in [0.15, 0.2) is 17.5 Å². The molecule has 0 aromatic carbocycles. The van der Waals surface area contributed by atoms with Gasteiger partial charge in [0.05, 0.1) is 10.9 Å². The summed E-state index contributed by atoms with van der Waals surface area (Å²) in [5, 5.41) is 19.1. The third-order valence-corrected chi connectivity index (χ3v) is 2.92. The molecule has 0 bridgehead atoms. The number of hydrogen-bond donors (Lipinski definition) is 1. The summed E-state index contributed by atoms with van der Waals surface area (Å²) < 4.78 is 0. The van der Waals surface area contributed by atoms with E-state index in [1.54, 1.807) is 0 Å². The van der Waals surface area contributed by atoms with Gasteiger partial charge in [0, 0.05) is 0 Å². The van der Waals surface area contributed by atoms with Crippen molar-refractivity contribution in [1.82, 2.24) is 15.0 Å². The highest BCUT2D eigenvalue weighted by Gasteiger charge is 2.20. The highest BCUT2D eigenvalue weighted by atomic mass is 32.1. The first kappa shape index (κ1) is 10.8. The van der Waals surface area contributed by atoms with Gasteiger partial charge >= 0.3 is 5.97 Å². The summed E-state index contributed by atoms with van der Waals surface area (Å²) >= 11 is 1.45. The van der Waals surface area contributed by atoms with E-state index in [0.717, 1.165) is 4.88 Å². The number of rotatable bonds is 3. The van der Waals surface area contributed by atoms with Crippen molar-refractivity contribution in [1.29, 1.82) is 0 Å². The van der Waals surface area contributed by atoms with Crippen molar-refractivity contribution in [2.75, 3.05) is 0 Å². The largest absolute Gasteiger partial charge is 0.476 e. The van der Waals surface area contributed by atoms with E-state index in [4.69, 9.17) is 5.11 Å². The maximum absolute atomic E-state index is 11.0. The van der Waals surface area contributed by atoms with E-state index < -0.39 is 5.97 Å². The lowest BCUT2D eigenvalue weighted by atomic mass is 10.3. The highest BCUT2D eigenvalue weighted by molar-refractivity contribution is 7.13. The van der Waals surface area contributed by atoms with E-state index in [1.807, 2.05) is 31.4 Å². The van der Waals surface area contributed by atoms with Crippen LogP contribution < -0.4 is 0 Å². The van der Waals surface area contributed by atoms with Crippen LogP contribution in [0.5, 0.6) is 0 Å². The molecule has 0 unspecified atom stereocenters. The van der Waals surface area contributed by atoms with E-state index in [2.05, 4.69) is 10.2 Å². The summed E-state index contributed by atoms with van der Waals surface area (Å²) in [5.74, 6) is -1.05. The lowest BCUT2D eigenvalue weighted by Gasteiger charge is -2.00. The van der Waals surface area contributed by atoms with Crippen molar-refractivity contribution >= 4 is 17.3 Å². The van der Waals surface area contributed by atoms with Crippen LogP contribution in [-0.2, 0) is 0 Å². The molecule has 1 N–H and O–H groups in total. The van der Waals surface area contributed by atoms with Crippen LogP contribution in [0.2, 0.25) is 0 Å². The summed E-state index contributed by atoms with van der Waals surface area (Å²) in [4.78, 5) is 13.3. The zero-order chi connectivity index (χ0) is 11.7. The van der Waals surface area contributed by atoms with Crippen molar-refractivity contribution in [3.8, 4) is 10.6 Å². The molecule has 0 amide bonds. The first-order valence-corrected chi connectivity index (χ1v) is 5.71. The Balaban J connectivity index is 2.55. The average Bonchev–Trinajstić information content (AvgIpc) is 2.86. The molecular formula is C10H11N3O2S. The molecule has 84 valence electrons. The lowest BCUT2D eigenvalue weighted by Crippen LogP contribution is -2.06. The SMILES string of the molecule is CC(C)n1nc(C(=O)O)c(-c2cccs2)n1. The predicted molar refractivity (Wildman–Crippen MR) is 60.7 cm³/mol. The minimum Gasteiger partial charge on any atom is -0.476 e. The minimum absolute atomic E-state index is 0.0103. The van der Waals surface area contributed by atoms with Gasteiger partial charge in [0.25, 0.3) is 0 Å². The Bertz CT molecular complexity index is 502. The highest BCUT2D eigenvalue weighted by Crippen LogP contribution is 2.25. The fraction of sp³-hybridized carbons (Fsp3) is 0.300. The van der Waals surface area contributed by atoms with E-state index in [1.165, 1.54) is 16.1 Å². The molecule has 0 aliphatic carbocycles. The van der Waals surface area contributed by atoms with Gasteiger partial charge in [0.2, 0.25) is 0 Å². The van der Waals surface area contributed by atoms with Gasteiger partial charge in [-0.1, -0.05) is 6.07 Å². The summed E-state index contributed by atoms with van der Waals surface area (Å²) in [7, 11) is 0. The third kappa shape index (κ3) is 1.83. The average molecular weight is 237 g/mol. The maximum atomic E-state index is 11.0. The van der Waals surface area contributed by atoms with Gasteiger partial charge in [-0.15, -0.1) is 16.4 Å². The molecule has 6 heteroatoms. The van der Waals surface area contributed by atoms with E-state index >= 15 is 0 Å². The standard InChI is InChI=1S/C10H11N3O2S/c1-6(2)13-11-8(7-4-3-5-16-7)9(12-13)10(14)15/h3-6H,1-2H3,(H,14,15). The zero-order valence-electron chi connectivity index (χ0n) is 8.91. The van der Waals surface area contributed by atoms with Crippen LogP contribution in [0.3, 0.4) is 0 Å². The van der Waals surface area contributed by atoms with Crippen LogP contribution in [0.1, 0.15) is 30.4 Å². The first-order valence-electron chi connectivity index (χ1n) is 4.83. The topological polar surface area (TPSA) is 68.0 Å². The van der Waals surface area contributed by atoms with Crippen LogP contribution >= 0.6 is 11.3 Å². The van der Waals surface area contributed by atoms with Crippen molar-refractivity contribution < 1.29 is 9.90 Å². The number of aromatic nitrogens is 3. The summed E-state index contributed by atoms with van der Waals surface area (Å²) in [6.07, 6.45) is 0. The number of thiophene rings is 1. The second-order valence-corrected chi connectivity index (χ2v) is 4.54. The Morgan fingerprint density at radius 1 is 1.50 bits per heavy atom. The molecule has 2 heterocycles. The maximum Gasteiger partial charge on any atom is 0.358 e. The van der Waals surface area contributed by atoms with Crippen molar-refractivity contribution in [2.24, 2.45) is 0 Å². The lowest BCUT2D eigenvalue weighted by molar-refractivity contribution is 0.0690. The van der Waals surface area contributed by atoms with E-state index in [0.29, 0.717) is 5.69 Å². The Kier molecular flexibility index (Phi) is 2.74. The number of carboxylic acid groups (broad SMARTS) is 1. The van der Waals surface area contributed by atoms with Gasteiger partial charge in [0.15, 0.2) is 5.69 Å². The summed E-state index contributed by atoms with van der Waals surface area (Å²) in [6.45, 7) is 3.81. The fourth-order valence-corrected chi connectivity index (χ4v) is 1.99. The van der Waals surface area contributed by atoms with E-state index in [9.17, 15) is 4.79 Å². The molecule has 0 aliphatic heterocycles. The molecule has 16 heavy (non-hydrogen) atoms. The second-order valence-electron chi connectivity index (χ2n) is 3.59. The quantitative estimate of drug-likeness (QED) is 0.889. The van der Waals surface area contributed by atoms with Crippen molar-refractivity contribution in [3.05, 3.63) is 23.2 Å². The Hall–Kier alpha value is -1.69. The zero-order valence-corrected chi connectivity index (χ0v) is 9.73. The number of hydrogen-bond acceptors (Lipinski definition) is 4. The molecule has 0 fully saturated rings. The van der Waals surface area contributed by atoms with Crippen LogP contribution in [0.4, 0.5) is 0 Å². The summed E-state index contributed by atoms with van der Waals surface area (Å²) in [5.41, 5.74) is 0.451. The van der Waals surface area contributed by atoms with Gasteiger partial charge < -0.3 is 5.11 Å². The van der Waals surface area contributed by atoms with Crippen molar-refractivity contribution in [3.63, 3.8) is 0 Å². The van der Waals surface area contributed by atoms with Crippen molar-refractivity contribution in [2.45, 2.75) is 19.9 Å². The summed E-state index contributed by atoms with van der Waals surface area (Å²) in [6, 6.07) is 3.75. The number of aromatic carboxylic acids is 1. The van der Waals surface area contributed by atoms with E-state index in [-0.39, 0.29) is 11.7 Å². The first-order chi connectivity index (χ1) is 7.59. The van der Waals surface area contributed by atoms with Gasteiger partial charge in [-0.25, -0.2) is 4.79 Å². The Morgan fingerprint density at radius 3 is 2.75 bits per heavy atom. The molecule has 0 saturated carbocycles. The molecule has 0 radical (unpaired) electrons. The Labute approximate surface area is 96.3 Å². The van der Waals surface area contributed by atoms with Crippen LogP contribution in [0, 0.1) is 0 Å². The molecule has 2 aromatic rings. The third-order valence-electron chi connectivity index (χ3n) is 2.05. The molecule has 2 aromatic heterocycles. The second kappa shape index (κ2) is 4.05. The van der Waals surface area contributed by atoms with Gasteiger partial charge in [-0.2, -0.15) is 9.90 Å². The normalized spacial score (nSPS) is 10.9. The molecule has 0 aliphatic rings. The number of nitrogens with zero attached hydrogens (tertiary/aromatic N) is 3. The molecule has 2 rings (SSSR count). The molecule has 0 spiro atoms. The smallest absolute Gasteiger partial charge is 0.358 e. The fourth-order valence-electron chi connectivity index (χ4n) is 1.28. The van der Waals surface area contributed by atoms with Crippen LogP contribution in [-0.4, -0.2) is 26.1 Å². The predicted octanol–water partition coefficient (Wildman–Crippen LogP) is 2.29. The van der Waals surface area contributed by atoms with Gasteiger partial charge in [-0.3, -0.25) is 0 Å². The Morgan fingerprint density at radius 2 is 2.25 bits per heavy atom. The van der Waals surface area contributed by atoms with Gasteiger partial charge in [-0.05, 0) is 25.3 Å². The number of carboxylic acids is 1.